The van der Waals surface area contributed by atoms with Crippen molar-refractivity contribution in [1.29, 1.82) is 0 Å². The number of ether oxygens (including phenoxy) is 2. The second-order valence-electron chi connectivity index (χ2n) is 6.18. The lowest BCUT2D eigenvalue weighted by molar-refractivity contribution is -0.159. The molecule has 1 fully saturated rings. The van der Waals surface area contributed by atoms with E-state index in [1.165, 1.54) is 6.92 Å². The van der Waals surface area contributed by atoms with Crippen molar-refractivity contribution in [2.24, 2.45) is 0 Å². The largest absolute Gasteiger partial charge is 0.497 e. The Morgan fingerprint density at radius 2 is 1.69 bits per heavy atom. The number of anilines is 1. The second-order valence-corrected chi connectivity index (χ2v) is 6.18. The van der Waals surface area contributed by atoms with Crippen LogP contribution in [0.25, 0.3) is 6.08 Å². The fourth-order valence-electron chi connectivity index (χ4n) is 3.13. The van der Waals surface area contributed by atoms with Gasteiger partial charge in [-0.15, -0.1) is 0 Å². The summed E-state index contributed by atoms with van der Waals surface area (Å²) in [7, 11) is 1.59. The monoisotopic (exact) mass is 351 g/mol. The first-order valence-electron chi connectivity index (χ1n) is 8.39. The number of rotatable bonds is 5. The molecule has 1 aliphatic heterocycles. The van der Waals surface area contributed by atoms with E-state index in [0.29, 0.717) is 5.75 Å². The molecule has 1 heterocycles. The number of methoxy groups -OCH3 is 1. The molecule has 134 valence electrons. The molecular weight excluding hydrogens is 330 g/mol. The van der Waals surface area contributed by atoms with E-state index in [0.717, 1.165) is 16.8 Å². The van der Waals surface area contributed by atoms with Gasteiger partial charge in [0, 0.05) is 12.6 Å². The first-order chi connectivity index (χ1) is 12.5. The molecule has 0 N–H and O–H groups in total. The maximum absolute atomic E-state index is 12.6. The Morgan fingerprint density at radius 3 is 2.27 bits per heavy atom. The van der Waals surface area contributed by atoms with Gasteiger partial charge in [-0.3, -0.25) is 14.5 Å². The van der Waals surface area contributed by atoms with E-state index >= 15 is 0 Å². The third-order valence-corrected chi connectivity index (χ3v) is 4.35. The van der Waals surface area contributed by atoms with Crippen molar-refractivity contribution in [2.75, 3.05) is 12.0 Å². The van der Waals surface area contributed by atoms with Crippen molar-refractivity contribution in [1.82, 2.24) is 0 Å². The average Bonchev–Trinajstić information content (AvgIpc) is 2.64. The minimum Gasteiger partial charge on any atom is -0.497 e. The van der Waals surface area contributed by atoms with E-state index in [2.05, 4.69) is 0 Å². The van der Waals surface area contributed by atoms with Gasteiger partial charge in [-0.1, -0.05) is 36.4 Å². The summed E-state index contributed by atoms with van der Waals surface area (Å²) >= 11 is 0. The quantitative estimate of drug-likeness (QED) is 0.612. The van der Waals surface area contributed by atoms with Gasteiger partial charge in [0.1, 0.15) is 11.8 Å². The summed E-state index contributed by atoms with van der Waals surface area (Å²) in [6, 6.07) is 16.7. The van der Waals surface area contributed by atoms with Crippen LogP contribution in [0.1, 0.15) is 19.4 Å². The van der Waals surface area contributed by atoms with Crippen LogP contribution in [0.3, 0.4) is 0 Å². The highest BCUT2D eigenvalue weighted by atomic mass is 16.6. The Morgan fingerprint density at radius 1 is 1.04 bits per heavy atom. The van der Waals surface area contributed by atoms with Crippen molar-refractivity contribution in [3.05, 3.63) is 65.7 Å². The van der Waals surface area contributed by atoms with E-state index in [9.17, 15) is 9.59 Å². The van der Waals surface area contributed by atoms with Crippen molar-refractivity contribution < 1.29 is 19.1 Å². The zero-order valence-electron chi connectivity index (χ0n) is 15.0. The van der Waals surface area contributed by atoms with Crippen molar-refractivity contribution in [2.45, 2.75) is 26.0 Å². The SMILES string of the molecule is COc1ccc(N2C(=O)[C@H](OC(C)=O)[C@@H]2/C(C)=C/c2ccccc2)cc1. The second kappa shape index (κ2) is 7.44. The molecule has 2 aromatic rings. The van der Waals surface area contributed by atoms with Gasteiger partial charge < -0.3 is 9.47 Å². The maximum atomic E-state index is 12.6. The number of nitrogens with zero attached hydrogens (tertiary/aromatic N) is 1. The molecule has 5 heteroatoms. The first-order valence-corrected chi connectivity index (χ1v) is 8.39. The maximum Gasteiger partial charge on any atom is 0.303 e. The van der Waals surface area contributed by atoms with Crippen LogP contribution in [0.2, 0.25) is 0 Å². The standard InChI is InChI=1S/C21H21NO4/c1-14(13-16-7-5-4-6-8-16)19-20(26-15(2)23)21(24)22(19)17-9-11-18(25-3)12-10-17/h4-13,19-20H,1-3H3/b14-13+/t19-,20+/m0/s1. The van der Waals surface area contributed by atoms with Crippen LogP contribution in [0.4, 0.5) is 5.69 Å². The lowest BCUT2D eigenvalue weighted by Gasteiger charge is -2.46. The van der Waals surface area contributed by atoms with E-state index in [1.54, 1.807) is 24.1 Å². The minimum absolute atomic E-state index is 0.226. The number of esters is 1. The summed E-state index contributed by atoms with van der Waals surface area (Å²) in [6.07, 6.45) is 1.21. The molecule has 1 amide bonds. The summed E-state index contributed by atoms with van der Waals surface area (Å²) in [5.41, 5.74) is 2.71. The fourth-order valence-corrected chi connectivity index (χ4v) is 3.13. The lowest BCUT2D eigenvalue weighted by atomic mass is 9.89. The molecule has 0 bridgehead atoms. The van der Waals surface area contributed by atoms with Gasteiger partial charge >= 0.3 is 5.97 Å². The molecule has 1 aliphatic rings. The molecular formula is C21H21NO4. The molecule has 26 heavy (non-hydrogen) atoms. The van der Waals surface area contributed by atoms with Crippen LogP contribution in [-0.4, -0.2) is 31.1 Å². The Balaban J connectivity index is 1.93. The Kier molecular flexibility index (Phi) is 5.07. The molecule has 5 nitrogen and oxygen atoms in total. The van der Waals surface area contributed by atoms with Crippen molar-refractivity contribution >= 4 is 23.6 Å². The van der Waals surface area contributed by atoms with Crippen LogP contribution in [0.5, 0.6) is 5.75 Å². The summed E-state index contributed by atoms with van der Waals surface area (Å²) in [4.78, 5) is 25.7. The summed E-state index contributed by atoms with van der Waals surface area (Å²) in [6.45, 7) is 3.26. The average molecular weight is 351 g/mol. The number of hydrogen-bond acceptors (Lipinski definition) is 4. The topological polar surface area (TPSA) is 55.8 Å². The van der Waals surface area contributed by atoms with E-state index in [-0.39, 0.29) is 11.9 Å². The molecule has 0 spiro atoms. The zero-order valence-corrected chi connectivity index (χ0v) is 15.0. The molecule has 0 unspecified atom stereocenters. The third-order valence-electron chi connectivity index (χ3n) is 4.35. The number of amides is 1. The highest BCUT2D eigenvalue weighted by Gasteiger charge is 2.51. The molecule has 0 aliphatic carbocycles. The van der Waals surface area contributed by atoms with Crippen LogP contribution in [0, 0.1) is 0 Å². The fraction of sp³-hybridized carbons (Fsp3) is 0.238. The van der Waals surface area contributed by atoms with Gasteiger partial charge in [0.15, 0.2) is 0 Å². The zero-order chi connectivity index (χ0) is 18.7. The van der Waals surface area contributed by atoms with Gasteiger partial charge in [0.2, 0.25) is 6.10 Å². The lowest BCUT2D eigenvalue weighted by Crippen LogP contribution is -2.67. The highest BCUT2D eigenvalue weighted by molar-refractivity contribution is 6.07. The van der Waals surface area contributed by atoms with Crippen molar-refractivity contribution in [3.63, 3.8) is 0 Å². The Labute approximate surface area is 152 Å². The van der Waals surface area contributed by atoms with Crippen LogP contribution in [-0.2, 0) is 14.3 Å². The molecule has 1 saturated heterocycles. The molecule has 0 saturated carbocycles. The molecule has 2 aromatic carbocycles. The Hall–Kier alpha value is -3.08. The van der Waals surface area contributed by atoms with E-state index in [4.69, 9.17) is 9.47 Å². The summed E-state index contributed by atoms with van der Waals surface area (Å²) in [5.74, 6) is 0.0257. The Bertz CT molecular complexity index is 827. The predicted octanol–water partition coefficient (Wildman–Crippen LogP) is 3.45. The predicted molar refractivity (Wildman–Crippen MR) is 99.9 cm³/mol. The van der Waals surface area contributed by atoms with E-state index in [1.807, 2.05) is 55.5 Å². The molecule has 3 rings (SSSR count). The van der Waals surface area contributed by atoms with Crippen LogP contribution >= 0.6 is 0 Å². The number of hydrogen-bond donors (Lipinski definition) is 0. The minimum atomic E-state index is -0.797. The summed E-state index contributed by atoms with van der Waals surface area (Å²) < 4.78 is 10.4. The van der Waals surface area contributed by atoms with Crippen LogP contribution < -0.4 is 9.64 Å². The normalized spacial score (nSPS) is 19.7. The van der Waals surface area contributed by atoms with Gasteiger partial charge in [0.25, 0.3) is 5.91 Å². The summed E-state index contributed by atoms with van der Waals surface area (Å²) in [5, 5.41) is 0. The van der Waals surface area contributed by atoms with Crippen molar-refractivity contribution in [3.8, 4) is 5.75 Å². The smallest absolute Gasteiger partial charge is 0.303 e. The number of benzene rings is 2. The first kappa shape index (κ1) is 17.7. The van der Waals surface area contributed by atoms with Gasteiger partial charge in [-0.05, 0) is 42.3 Å². The number of β-lactam (4-membered cyclic amide) rings is 1. The number of carbonyl (C=O) groups excluding carboxylic acids is 2. The molecule has 0 radical (unpaired) electrons. The highest BCUT2D eigenvalue weighted by Crippen LogP contribution is 2.35. The van der Waals surface area contributed by atoms with Gasteiger partial charge in [0.05, 0.1) is 7.11 Å². The number of carbonyl (C=O) groups is 2. The molecule has 0 aromatic heterocycles. The molecule has 2 atom stereocenters. The third kappa shape index (κ3) is 3.47. The van der Waals surface area contributed by atoms with Gasteiger partial charge in [-0.25, -0.2) is 0 Å². The van der Waals surface area contributed by atoms with Crippen LogP contribution in [0.15, 0.2) is 60.2 Å². The van der Waals surface area contributed by atoms with E-state index < -0.39 is 12.1 Å². The van der Waals surface area contributed by atoms with Gasteiger partial charge in [-0.2, -0.15) is 0 Å².